The number of rotatable bonds is 5. The fourth-order valence-electron chi connectivity index (χ4n) is 1.63. The van der Waals surface area contributed by atoms with Crippen molar-refractivity contribution in [2.75, 3.05) is 0 Å². The monoisotopic (exact) mass is 264 g/mol. The molecule has 0 saturated carbocycles. The van der Waals surface area contributed by atoms with Crippen molar-refractivity contribution in [1.82, 2.24) is 0 Å². The maximum Gasteiger partial charge on any atom is 0.338 e. The van der Waals surface area contributed by atoms with Gasteiger partial charge in [-0.05, 0) is 51.3 Å². The summed E-state index contributed by atoms with van der Waals surface area (Å²) in [6.45, 7) is 5.46. The van der Waals surface area contributed by atoms with Crippen molar-refractivity contribution in [1.29, 1.82) is 0 Å². The summed E-state index contributed by atoms with van der Waals surface area (Å²) in [4.78, 5) is 22.3. The maximum atomic E-state index is 11.9. The molecule has 104 valence electrons. The van der Waals surface area contributed by atoms with Crippen LogP contribution in [0.5, 0.6) is 0 Å². The number of benzene rings is 1. The van der Waals surface area contributed by atoms with Crippen molar-refractivity contribution in [3.63, 3.8) is 0 Å². The zero-order valence-electron chi connectivity index (χ0n) is 11.6. The SMILES string of the molecule is CC(C)(C)OC(=O)c1cccc(CCCC(=O)O)c1. The minimum absolute atomic E-state index is 0.136. The van der Waals surface area contributed by atoms with Gasteiger partial charge >= 0.3 is 11.9 Å². The molecule has 1 rings (SSSR count). The van der Waals surface area contributed by atoms with Gasteiger partial charge < -0.3 is 9.84 Å². The van der Waals surface area contributed by atoms with Gasteiger partial charge in [0.1, 0.15) is 5.60 Å². The molecule has 0 unspecified atom stereocenters. The maximum absolute atomic E-state index is 11.9. The summed E-state index contributed by atoms with van der Waals surface area (Å²) < 4.78 is 5.29. The molecule has 0 aliphatic carbocycles. The Morgan fingerprint density at radius 1 is 1.26 bits per heavy atom. The summed E-state index contributed by atoms with van der Waals surface area (Å²) in [7, 11) is 0. The zero-order chi connectivity index (χ0) is 14.5. The van der Waals surface area contributed by atoms with Crippen LogP contribution in [0.4, 0.5) is 0 Å². The molecule has 1 N–H and O–H groups in total. The minimum Gasteiger partial charge on any atom is -0.481 e. The Morgan fingerprint density at radius 2 is 1.95 bits per heavy atom. The van der Waals surface area contributed by atoms with Gasteiger partial charge in [-0.15, -0.1) is 0 Å². The highest BCUT2D eigenvalue weighted by Gasteiger charge is 2.17. The molecule has 1 aromatic rings. The summed E-state index contributed by atoms with van der Waals surface area (Å²) in [5.41, 5.74) is 0.934. The number of aliphatic carboxylic acids is 1. The van der Waals surface area contributed by atoms with Gasteiger partial charge in [-0.2, -0.15) is 0 Å². The molecule has 0 atom stereocenters. The number of hydrogen-bond donors (Lipinski definition) is 1. The van der Waals surface area contributed by atoms with Crippen molar-refractivity contribution in [2.45, 2.75) is 45.6 Å². The van der Waals surface area contributed by atoms with Crippen LogP contribution in [0.3, 0.4) is 0 Å². The fraction of sp³-hybridized carbons (Fsp3) is 0.467. The fourth-order valence-corrected chi connectivity index (χ4v) is 1.63. The number of ether oxygens (including phenoxy) is 1. The van der Waals surface area contributed by atoms with Crippen LogP contribution in [0.1, 0.15) is 49.5 Å². The molecule has 0 spiro atoms. The molecule has 4 nitrogen and oxygen atoms in total. The van der Waals surface area contributed by atoms with E-state index in [9.17, 15) is 9.59 Å². The van der Waals surface area contributed by atoms with Gasteiger partial charge in [0, 0.05) is 6.42 Å². The molecule has 0 saturated heterocycles. The second kappa shape index (κ2) is 6.36. The van der Waals surface area contributed by atoms with E-state index < -0.39 is 11.6 Å². The van der Waals surface area contributed by atoms with E-state index in [-0.39, 0.29) is 12.4 Å². The summed E-state index contributed by atoms with van der Waals surface area (Å²) in [6.07, 6.45) is 1.34. The average molecular weight is 264 g/mol. The summed E-state index contributed by atoms with van der Waals surface area (Å²) in [5, 5.41) is 8.59. The Hall–Kier alpha value is -1.84. The average Bonchev–Trinajstić information content (AvgIpc) is 2.26. The van der Waals surface area contributed by atoms with Crippen LogP contribution in [0.15, 0.2) is 24.3 Å². The third kappa shape index (κ3) is 6.04. The number of esters is 1. The Labute approximate surface area is 113 Å². The highest BCUT2D eigenvalue weighted by Crippen LogP contribution is 2.14. The van der Waals surface area contributed by atoms with Gasteiger partial charge in [-0.3, -0.25) is 4.79 Å². The normalized spacial score (nSPS) is 11.1. The highest BCUT2D eigenvalue weighted by molar-refractivity contribution is 5.89. The van der Waals surface area contributed by atoms with E-state index >= 15 is 0 Å². The van der Waals surface area contributed by atoms with Crippen LogP contribution in [0.2, 0.25) is 0 Å². The lowest BCUT2D eigenvalue weighted by molar-refractivity contribution is -0.137. The van der Waals surface area contributed by atoms with Gasteiger partial charge in [-0.25, -0.2) is 4.79 Å². The van der Waals surface area contributed by atoms with Crippen LogP contribution < -0.4 is 0 Å². The van der Waals surface area contributed by atoms with Gasteiger partial charge in [-0.1, -0.05) is 12.1 Å². The predicted octanol–water partition coefficient (Wildman–Crippen LogP) is 3.05. The third-order valence-corrected chi connectivity index (χ3v) is 2.42. The molecule has 0 aliphatic heterocycles. The molecule has 0 radical (unpaired) electrons. The van der Waals surface area contributed by atoms with E-state index in [1.54, 1.807) is 18.2 Å². The zero-order valence-corrected chi connectivity index (χ0v) is 11.6. The lowest BCUT2D eigenvalue weighted by Crippen LogP contribution is -2.23. The topological polar surface area (TPSA) is 63.6 Å². The van der Waals surface area contributed by atoms with Crippen molar-refractivity contribution in [3.05, 3.63) is 35.4 Å². The number of carboxylic acids is 1. The van der Waals surface area contributed by atoms with Crippen LogP contribution in [-0.4, -0.2) is 22.6 Å². The number of aryl methyl sites for hydroxylation is 1. The van der Waals surface area contributed by atoms with Gasteiger partial charge in [0.15, 0.2) is 0 Å². The Balaban J connectivity index is 2.66. The van der Waals surface area contributed by atoms with E-state index in [0.29, 0.717) is 18.4 Å². The Bertz CT molecular complexity index is 457. The molecule has 4 heteroatoms. The van der Waals surface area contributed by atoms with Crippen LogP contribution in [0.25, 0.3) is 0 Å². The van der Waals surface area contributed by atoms with E-state index in [2.05, 4.69) is 0 Å². The Morgan fingerprint density at radius 3 is 2.53 bits per heavy atom. The van der Waals surface area contributed by atoms with E-state index in [0.717, 1.165) is 5.56 Å². The Kier molecular flexibility index (Phi) is 5.10. The second-order valence-corrected chi connectivity index (χ2v) is 5.45. The summed E-state index contributed by atoms with van der Waals surface area (Å²) in [5.74, 6) is -1.16. The molecule has 19 heavy (non-hydrogen) atoms. The molecule has 0 amide bonds. The lowest BCUT2D eigenvalue weighted by Gasteiger charge is -2.19. The van der Waals surface area contributed by atoms with E-state index in [4.69, 9.17) is 9.84 Å². The number of carbonyl (C=O) groups is 2. The smallest absolute Gasteiger partial charge is 0.338 e. The third-order valence-electron chi connectivity index (χ3n) is 2.42. The van der Waals surface area contributed by atoms with Gasteiger partial charge in [0.25, 0.3) is 0 Å². The van der Waals surface area contributed by atoms with Crippen molar-refractivity contribution >= 4 is 11.9 Å². The minimum atomic E-state index is -0.803. The van der Waals surface area contributed by atoms with Crippen LogP contribution in [-0.2, 0) is 16.0 Å². The molecule has 0 aliphatic rings. The number of carboxylic acid groups (broad SMARTS) is 1. The summed E-state index contributed by atoms with van der Waals surface area (Å²) >= 11 is 0. The van der Waals surface area contributed by atoms with Crippen molar-refractivity contribution in [2.24, 2.45) is 0 Å². The number of carbonyl (C=O) groups excluding carboxylic acids is 1. The molecule has 0 bridgehead atoms. The summed E-state index contributed by atoms with van der Waals surface area (Å²) in [6, 6.07) is 7.13. The van der Waals surface area contributed by atoms with E-state index in [1.807, 2.05) is 26.8 Å². The van der Waals surface area contributed by atoms with Crippen molar-refractivity contribution < 1.29 is 19.4 Å². The highest BCUT2D eigenvalue weighted by atomic mass is 16.6. The second-order valence-electron chi connectivity index (χ2n) is 5.45. The predicted molar refractivity (Wildman–Crippen MR) is 72.2 cm³/mol. The van der Waals surface area contributed by atoms with Gasteiger partial charge in [0.05, 0.1) is 5.56 Å². The van der Waals surface area contributed by atoms with Crippen LogP contribution in [0, 0.1) is 0 Å². The molecule has 0 heterocycles. The number of hydrogen-bond acceptors (Lipinski definition) is 3. The molecular formula is C15H20O4. The van der Waals surface area contributed by atoms with Crippen LogP contribution >= 0.6 is 0 Å². The molecule has 0 aromatic heterocycles. The molecule has 0 fully saturated rings. The van der Waals surface area contributed by atoms with E-state index in [1.165, 1.54) is 0 Å². The first-order valence-electron chi connectivity index (χ1n) is 6.32. The largest absolute Gasteiger partial charge is 0.481 e. The van der Waals surface area contributed by atoms with Gasteiger partial charge in [0.2, 0.25) is 0 Å². The standard InChI is InChI=1S/C15H20O4/c1-15(2,3)19-14(18)12-8-4-6-11(10-12)7-5-9-13(16)17/h4,6,8,10H,5,7,9H2,1-3H3,(H,16,17). The van der Waals surface area contributed by atoms with Crippen molar-refractivity contribution in [3.8, 4) is 0 Å². The first-order valence-corrected chi connectivity index (χ1v) is 6.32. The first kappa shape index (κ1) is 15.2. The first-order chi connectivity index (χ1) is 8.78. The molecular weight excluding hydrogens is 244 g/mol. The molecule has 1 aromatic carbocycles. The lowest BCUT2D eigenvalue weighted by atomic mass is 10.1. The quantitative estimate of drug-likeness (QED) is 0.830.